The van der Waals surface area contributed by atoms with Crippen molar-refractivity contribution in [2.24, 2.45) is 0 Å². The summed E-state index contributed by atoms with van der Waals surface area (Å²) in [6.45, 7) is 8.09. The fourth-order valence-electron chi connectivity index (χ4n) is 3.26. The monoisotopic (exact) mass is 351 g/mol. The largest absolute Gasteiger partial charge is 0.371 e. The number of fused-ring (bicyclic) bond motifs is 1. The number of hydrogen-bond donors (Lipinski definition) is 1. The van der Waals surface area contributed by atoms with Crippen molar-refractivity contribution in [1.29, 1.82) is 5.26 Å². The molecule has 1 aliphatic carbocycles. The first-order valence-electron chi connectivity index (χ1n) is 9.20. The molecule has 3 rings (SSSR count). The van der Waals surface area contributed by atoms with Crippen molar-refractivity contribution < 1.29 is 4.74 Å². The van der Waals surface area contributed by atoms with Crippen molar-refractivity contribution in [2.75, 3.05) is 31.6 Å². The van der Waals surface area contributed by atoms with E-state index in [0.29, 0.717) is 12.2 Å². The summed E-state index contributed by atoms with van der Waals surface area (Å²) in [6, 6.07) is 9.49. The van der Waals surface area contributed by atoms with Gasteiger partial charge in [-0.2, -0.15) is 5.26 Å². The summed E-state index contributed by atoms with van der Waals surface area (Å²) >= 11 is 0. The maximum atomic E-state index is 8.90. The number of nitriles is 1. The van der Waals surface area contributed by atoms with Crippen LogP contribution in [0, 0.1) is 11.3 Å². The summed E-state index contributed by atoms with van der Waals surface area (Å²) in [6.07, 6.45) is 3.49. The van der Waals surface area contributed by atoms with Gasteiger partial charge in [-0.3, -0.25) is 0 Å². The molecule has 0 fully saturated rings. The Morgan fingerprint density at radius 1 is 1.23 bits per heavy atom. The summed E-state index contributed by atoms with van der Waals surface area (Å²) < 4.78 is 6.10. The van der Waals surface area contributed by atoms with Gasteiger partial charge in [-0.1, -0.05) is 13.8 Å². The molecule has 1 aromatic heterocycles. The average Bonchev–Trinajstić information content (AvgIpc) is 3.10. The predicted octanol–water partition coefficient (Wildman–Crippen LogP) is 3.44. The molecule has 6 heteroatoms. The Kier molecular flexibility index (Phi) is 6.16. The van der Waals surface area contributed by atoms with Crippen molar-refractivity contribution in [2.45, 2.75) is 32.8 Å². The van der Waals surface area contributed by atoms with E-state index in [1.165, 1.54) is 0 Å². The number of aromatic nitrogens is 2. The summed E-state index contributed by atoms with van der Waals surface area (Å²) in [5.74, 6) is 0.828. The van der Waals surface area contributed by atoms with Gasteiger partial charge in [0, 0.05) is 17.8 Å². The Balaban J connectivity index is 1.66. The predicted molar refractivity (Wildman–Crippen MR) is 101 cm³/mol. The first-order chi connectivity index (χ1) is 12.7. The van der Waals surface area contributed by atoms with Crippen molar-refractivity contribution in [3.8, 4) is 6.07 Å². The van der Waals surface area contributed by atoms with Crippen LogP contribution in [0.5, 0.6) is 0 Å². The second-order valence-corrected chi connectivity index (χ2v) is 6.33. The summed E-state index contributed by atoms with van der Waals surface area (Å²) in [4.78, 5) is 11.2. The first-order valence-corrected chi connectivity index (χ1v) is 9.20. The lowest BCUT2D eigenvalue weighted by molar-refractivity contribution is 0.0370. The van der Waals surface area contributed by atoms with Gasteiger partial charge in [0.2, 0.25) is 0 Å². The molecule has 6 nitrogen and oxygen atoms in total. The fourth-order valence-corrected chi connectivity index (χ4v) is 3.26. The minimum atomic E-state index is 0.0464. The van der Waals surface area contributed by atoms with E-state index in [-0.39, 0.29) is 6.10 Å². The van der Waals surface area contributed by atoms with Gasteiger partial charge in [0.15, 0.2) is 0 Å². The number of nitrogens with zero attached hydrogens (tertiary/aromatic N) is 4. The molecule has 0 amide bonds. The summed E-state index contributed by atoms with van der Waals surface area (Å²) in [7, 11) is 0. The molecule has 0 aliphatic heterocycles. The number of likely N-dealkylation sites (N-methyl/N-ethyl adjacent to an activating group) is 1. The van der Waals surface area contributed by atoms with Crippen LogP contribution in [-0.2, 0) is 11.2 Å². The third-order valence-electron chi connectivity index (χ3n) is 4.84. The van der Waals surface area contributed by atoms with Crippen molar-refractivity contribution in [1.82, 2.24) is 14.9 Å². The van der Waals surface area contributed by atoms with Crippen LogP contribution in [0.2, 0.25) is 0 Å². The molecular formula is C20H25N5O. The maximum Gasteiger partial charge on any atom is 0.137 e. The van der Waals surface area contributed by atoms with Crippen LogP contribution >= 0.6 is 0 Å². The van der Waals surface area contributed by atoms with Gasteiger partial charge in [0.05, 0.1) is 23.9 Å². The SMILES string of the molecule is CCN(CC)CCOC1CCc2c(Nc3ccc(C#N)cc3)ncnc21. The van der Waals surface area contributed by atoms with Crippen LogP contribution in [0.15, 0.2) is 30.6 Å². The van der Waals surface area contributed by atoms with E-state index in [2.05, 4.69) is 40.1 Å². The van der Waals surface area contributed by atoms with E-state index in [1.54, 1.807) is 18.5 Å². The van der Waals surface area contributed by atoms with Gasteiger partial charge < -0.3 is 15.0 Å². The number of hydrogen-bond acceptors (Lipinski definition) is 6. The summed E-state index contributed by atoms with van der Waals surface area (Å²) in [5, 5.41) is 12.2. The molecule has 0 saturated heterocycles. The van der Waals surface area contributed by atoms with Crippen LogP contribution in [-0.4, -0.2) is 41.1 Å². The van der Waals surface area contributed by atoms with E-state index in [4.69, 9.17) is 10.00 Å². The van der Waals surface area contributed by atoms with Crippen LogP contribution in [0.3, 0.4) is 0 Å². The highest BCUT2D eigenvalue weighted by molar-refractivity contribution is 5.61. The molecule has 0 bridgehead atoms. The van der Waals surface area contributed by atoms with Gasteiger partial charge in [-0.25, -0.2) is 9.97 Å². The second-order valence-electron chi connectivity index (χ2n) is 6.33. The number of ether oxygens (including phenoxy) is 1. The minimum absolute atomic E-state index is 0.0464. The lowest BCUT2D eigenvalue weighted by Crippen LogP contribution is -2.27. The second kappa shape index (κ2) is 8.75. The average molecular weight is 351 g/mol. The molecule has 0 radical (unpaired) electrons. The van der Waals surface area contributed by atoms with Gasteiger partial charge in [0.25, 0.3) is 0 Å². The van der Waals surface area contributed by atoms with E-state index in [9.17, 15) is 0 Å². The van der Waals surface area contributed by atoms with Crippen molar-refractivity contribution >= 4 is 11.5 Å². The quantitative estimate of drug-likeness (QED) is 0.785. The Labute approximate surface area is 154 Å². The smallest absolute Gasteiger partial charge is 0.137 e. The normalized spacial score (nSPS) is 15.7. The van der Waals surface area contributed by atoms with E-state index >= 15 is 0 Å². The van der Waals surface area contributed by atoms with Gasteiger partial charge >= 0.3 is 0 Å². The van der Waals surface area contributed by atoms with Crippen molar-refractivity contribution in [3.05, 3.63) is 47.4 Å². The highest BCUT2D eigenvalue weighted by Crippen LogP contribution is 2.36. The maximum absolute atomic E-state index is 8.90. The highest BCUT2D eigenvalue weighted by Gasteiger charge is 2.27. The zero-order chi connectivity index (χ0) is 18.4. The molecular weight excluding hydrogens is 326 g/mol. The van der Waals surface area contributed by atoms with Crippen LogP contribution in [0.1, 0.15) is 43.2 Å². The molecule has 1 unspecified atom stereocenters. The lowest BCUT2D eigenvalue weighted by atomic mass is 10.2. The molecule has 136 valence electrons. The highest BCUT2D eigenvalue weighted by atomic mass is 16.5. The number of nitrogens with one attached hydrogen (secondary N) is 1. The zero-order valence-corrected chi connectivity index (χ0v) is 15.4. The van der Waals surface area contributed by atoms with E-state index < -0.39 is 0 Å². The van der Waals surface area contributed by atoms with Crippen molar-refractivity contribution in [3.63, 3.8) is 0 Å². The minimum Gasteiger partial charge on any atom is -0.371 e. The first kappa shape index (κ1) is 18.3. The van der Waals surface area contributed by atoms with Crippen LogP contribution in [0.4, 0.5) is 11.5 Å². The molecule has 1 aliphatic rings. The molecule has 2 aromatic rings. The lowest BCUT2D eigenvalue weighted by Gasteiger charge is -2.19. The Hall–Kier alpha value is -2.49. The number of benzene rings is 1. The van der Waals surface area contributed by atoms with Crippen LogP contribution < -0.4 is 5.32 Å². The molecule has 1 aromatic carbocycles. The molecule has 1 atom stereocenters. The topological polar surface area (TPSA) is 74.1 Å². The Morgan fingerprint density at radius 3 is 2.69 bits per heavy atom. The van der Waals surface area contributed by atoms with Gasteiger partial charge in [-0.05, 0) is 50.2 Å². The van der Waals surface area contributed by atoms with Crippen LogP contribution in [0.25, 0.3) is 0 Å². The molecule has 0 spiro atoms. The third-order valence-corrected chi connectivity index (χ3v) is 4.84. The van der Waals surface area contributed by atoms with E-state index in [1.807, 2.05) is 12.1 Å². The molecule has 26 heavy (non-hydrogen) atoms. The molecule has 0 saturated carbocycles. The Bertz CT molecular complexity index is 765. The molecule has 1 heterocycles. The fraction of sp³-hybridized carbons (Fsp3) is 0.450. The number of rotatable bonds is 8. The van der Waals surface area contributed by atoms with Gasteiger partial charge in [0.1, 0.15) is 18.2 Å². The summed E-state index contributed by atoms with van der Waals surface area (Å²) in [5.41, 5.74) is 3.68. The van der Waals surface area contributed by atoms with E-state index in [0.717, 1.165) is 55.2 Å². The van der Waals surface area contributed by atoms with Gasteiger partial charge in [-0.15, -0.1) is 0 Å². The molecule has 1 N–H and O–H groups in total. The number of anilines is 2. The third kappa shape index (κ3) is 4.18. The Morgan fingerprint density at radius 2 is 2.00 bits per heavy atom. The standard InChI is InChI=1S/C20H25N5O/c1-3-25(4-2)11-12-26-18-10-9-17-19(18)22-14-23-20(17)24-16-7-5-15(13-21)6-8-16/h5-8,14,18H,3-4,9-12H2,1-2H3,(H,22,23,24). The zero-order valence-electron chi connectivity index (χ0n) is 15.4.